The Balaban J connectivity index is 1.56. The van der Waals surface area contributed by atoms with Crippen LogP contribution in [0.25, 0.3) is 0 Å². The summed E-state index contributed by atoms with van der Waals surface area (Å²) in [7, 11) is 0. The van der Waals surface area contributed by atoms with E-state index in [2.05, 4.69) is 53.1 Å². The van der Waals surface area contributed by atoms with E-state index in [1.165, 1.54) is 47.9 Å². The summed E-state index contributed by atoms with van der Waals surface area (Å²) >= 11 is 1.86. The maximum atomic E-state index is 6.40. The number of nitrogens with zero attached hydrogens (tertiary/aromatic N) is 2. The average Bonchev–Trinajstić information content (AvgIpc) is 3.19. The summed E-state index contributed by atoms with van der Waals surface area (Å²) < 4.78 is 6.40. The van der Waals surface area contributed by atoms with Gasteiger partial charge in [-0.05, 0) is 63.0 Å². The molecule has 4 heteroatoms. The Labute approximate surface area is 141 Å². The molecule has 5 heterocycles. The molecule has 4 aliphatic rings. The third-order valence-electron chi connectivity index (χ3n) is 5.62. The Morgan fingerprint density at radius 2 is 1.91 bits per heavy atom. The summed E-state index contributed by atoms with van der Waals surface area (Å²) in [5.41, 5.74) is 1.28. The SMILES string of the molecule is Cc1ccc([C@@H]2Oc3ccccc3N2C2CN3CCC2CC3)s1. The maximum absolute atomic E-state index is 6.40. The molecule has 4 aliphatic heterocycles. The first-order chi connectivity index (χ1) is 11.3. The molecule has 1 unspecified atom stereocenters. The predicted octanol–water partition coefficient (Wildman–Crippen LogP) is 4.05. The molecule has 2 atom stereocenters. The molecule has 0 N–H and O–H groups in total. The van der Waals surface area contributed by atoms with Crippen LogP contribution in [0.1, 0.15) is 28.8 Å². The van der Waals surface area contributed by atoms with E-state index in [0.29, 0.717) is 6.04 Å². The van der Waals surface area contributed by atoms with Gasteiger partial charge in [0, 0.05) is 17.5 Å². The van der Waals surface area contributed by atoms with Crippen LogP contribution in [-0.2, 0) is 0 Å². The van der Waals surface area contributed by atoms with Crippen LogP contribution in [0, 0.1) is 12.8 Å². The third-order valence-corrected chi connectivity index (χ3v) is 6.65. The highest BCUT2D eigenvalue weighted by molar-refractivity contribution is 7.12. The van der Waals surface area contributed by atoms with Crippen molar-refractivity contribution in [3.8, 4) is 5.75 Å². The lowest BCUT2D eigenvalue weighted by atomic mass is 9.83. The molecule has 1 aromatic carbocycles. The van der Waals surface area contributed by atoms with Crippen molar-refractivity contribution in [2.75, 3.05) is 24.5 Å². The largest absolute Gasteiger partial charge is 0.463 e. The van der Waals surface area contributed by atoms with E-state index < -0.39 is 0 Å². The molecule has 0 radical (unpaired) electrons. The first kappa shape index (κ1) is 13.9. The zero-order chi connectivity index (χ0) is 15.4. The molecule has 2 bridgehead atoms. The van der Waals surface area contributed by atoms with E-state index in [1.54, 1.807) is 0 Å². The summed E-state index contributed by atoms with van der Waals surface area (Å²) in [5, 5.41) is 0. The van der Waals surface area contributed by atoms with Gasteiger partial charge in [-0.2, -0.15) is 0 Å². The number of para-hydroxylation sites is 2. The van der Waals surface area contributed by atoms with Crippen molar-refractivity contribution < 1.29 is 4.74 Å². The fourth-order valence-corrected chi connectivity index (χ4v) is 5.36. The van der Waals surface area contributed by atoms with Crippen molar-refractivity contribution in [2.45, 2.75) is 32.0 Å². The second-order valence-corrected chi connectivity index (χ2v) is 8.32. The van der Waals surface area contributed by atoms with Gasteiger partial charge in [0.1, 0.15) is 5.75 Å². The van der Waals surface area contributed by atoms with Gasteiger partial charge in [-0.3, -0.25) is 0 Å². The van der Waals surface area contributed by atoms with Gasteiger partial charge in [-0.25, -0.2) is 0 Å². The van der Waals surface area contributed by atoms with Crippen molar-refractivity contribution in [1.82, 2.24) is 4.90 Å². The van der Waals surface area contributed by atoms with Crippen molar-refractivity contribution in [3.63, 3.8) is 0 Å². The second kappa shape index (κ2) is 5.25. The van der Waals surface area contributed by atoms with E-state index in [9.17, 15) is 0 Å². The number of hydrogen-bond acceptors (Lipinski definition) is 4. The summed E-state index contributed by atoms with van der Waals surface area (Å²) in [6.07, 6.45) is 2.72. The number of hydrogen-bond donors (Lipinski definition) is 0. The predicted molar refractivity (Wildman–Crippen MR) is 94.3 cm³/mol. The van der Waals surface area contributed by atoms with Crippen molar-refractivity contribution in [2.24, 2.45) is 5.92 Å². The number of rotatable bonds is 2. The van der Waals surface area contributed by atoms with Crippen LogP contribution in [0.2, 0.25) is 0 Å². The number of fused-ring (bicyclic) bond motifs is 4. The fraction of sp³-hybridized carbons (Fsp3) is 0.474. The number of ether oxygens (including phenoxy) is 1. The van der Waals surface area contributed by atoms with E-state index in [4.69, 9.17) is 4.74 Å². The molecule has 2 aromatic rings. The zero-order valence-corrected chi connectivity index (χ0v) is 14.3. The third kappa shape index (κ3) is 2.19. The number of piperidine rings is 3. The van der Waals surface area contributed by atoms with Crippen LogP contribution in [0.15, 0.2) is 36.4 Å². The standard InChI is InChI=1S/C19H22N2OS/c1-13-6-7-18(23-13)19-21(15-4-2-3-5-17(15)22-19)16-12-20-10-8-14(16)9-11-20/h2-7,14,16,19H,8-12H2,1H3/t16?,19-/m0/s1. The van der Waals surface area contributed by atoms with Gasteiger partial charge >= 0.3 is 0 Å². The van der Waals surface area contributed by atoms with Crippen molar-refractivity contribution in [3.05, 3.63) is 46.2 Å². The van der Waals surface area contributed by atoms with Crippen molar-refractivity contribution >= 4 is 17.0 Å². The molecule has 0 amide bonds. The summed E-state index contributed by atoms with van der Waals surface area (Å²) in [5.74, 6) is 1.85. The highest BCUT2D eigenvalue weighted by Gasteiger charge is 2.44. The monoisotopic (exact) mass is 326 g/mol. The van der Waals surface area contributed by atoms with Crippen LogP contribution in [0.3, 0.4) is 0 Å². The topological polar surface area (TPSA) is 15.7 Å². The molecular weight excluding hydrogens is 304 g/mol. The molecule has 0 spiro atoms. The molecule has 120 valence electrons. The molecule has 0 saturated carbocycles. The molecule has 1 aromatic heterocycles. The fourth-order valence-electron chi connectivity index (χ4n) is 4.46. The normalized spacial score (nSPS) is 32.0. The van der Waals surface area contributed by atoms with Crippen molar-refractivity contribution in [1.29, 1.82) is 0 Å². The van der Waals surface area contributed by atoms with Crippen LogP contribution in [-0.4, -0.2) is 30.6 Å². The Morgan fingerprint density at radius 3 is 2.61 bits per heavy atom. The molecule has 23 heavy (non-hydrogen) atoms. The van der Waals surface area contributed by atoms with Gasteiger partial charge in [0.25, 0.3) is 0 Å². The lowest BCUT2D eigenvalue weighted by Gasteiger charge is -2.49. The van der Waals surface area contributed by atoms with Gasteiger partial charge in [-0.1, -0.05) is 12.1 Å². The maximum Gasteiger partial charge on any atom is 0.208 e. The van der Waals surface area contributed by atoms with Gasteiger partial charge in [0.2, 0.25) is 6.23 Å². The molecule has 3 saturated heterocycles. The summed E-state index contributed by atoms with van der Waals surface area (Å²) in [6.45, 7) is 5.92. The quantitative estimate of drug-likeness (QED) is 0.828. The molecular formula is C19H22N2OS. The molecule has 6 rings (SSSR count). The Morgan fingerprint density at radius 1 is 1.09 bits per heavy atom. The van der Waals surface area contributed by atoms with Crippen LogP contribution < -0.4 is 9.64 Å². The average molecular weight is 326 g/mol. The smallest absolute Gasteiger partial charge is 0.208 e. The van der Waals surface area contributed by atoms with Gasteiger partial charge in [0.05, 0.1) is 10.6 Å². The van der Waals surface area contributed by atoms with Gasteiger partial charge < -0.3 is 14.5 Å². The second-order valence-electron chi connectivity index (χ2n) is 7.00. The minimum absolute atomic E-state index is 0.0525. The number of benzene rings is 1. The van der Waals surface area contributed by atoms with E-state index >= 15 is 0 Å². The Kier molecular flexibility index (Phi) is 3.17. The Hall–Kier alpha value is -1.52. The minimum Gasteiger partial charge on any atom is -0.463 e. The van der Waals surface area contributed by atoms with E-state index in [1.807, 2.05) is 11.3 Å². The first-order valence-electron chi connectivity index (χ1n) is 8.62. The molecule has 0 aliphatic carbocycles. The van der Waals surface area contributed by atoms with Gasteiger partial charge in [0.15, 0.2) is 0 Å². The summed E-state index contributed by atoms with van der Waals surface area (Å²) in [6, 6.07) is 13.6. The van der Waals surface area contributed by atoms with Gasteiger partial charge in [-0.15, -0.1) is 11.3 Å². The first-order valence-corrected chi connectivity index (χ1v) is 9.44. The number of thiophene rings is 1. The number of anilines is 1. The highest BCUT2D eigenvalue weighted by Crippen LogP contribution is 2.48. The van der Waals surface area contributed by atoms with Crippen LogP contribution in [0.5, 0.6) is 5.75 Å². The van der Waals surface area contributed by atoms with Crippen LogP contribution in [0.4, 0.5) is 5.69 Å². The zero-order valence-electron chi connectivity index (χ0n) is 13.4. The Bertz CT molecular complexity index is 720. The lowest BCUT2D eigenvalue weighted by molar-refractivity contribution is 0.0704. The van der Waals surface area contributed by atoms with E-state index in [0.717, 1.165) is 11.7 Å². The highest BCUT2D eigenvalue weighted by atomic mass is 32.1. The van der Waals surface area contributed by atoms with Crippen LogP contribution >= 0.6 is 11.3 Å². The molecule has 3 fully saturated rings. The summed E-state index contributed by atoms with van der Waals surface area (Å²) in [4.78, 5) is 7.89. The minimum atomic E-state index is 0.0525. The number of aryl methyl sites for hydroxylation is 1. The lowest BCUT2D eigenvalue weighted by Crippen LogP contribution is -2.57. The van der Waals surface area contributed by atoms with E-state index in [-0.39, 0.29) is 6.23 Å². The molecule has 3 nitrogen and oxygen atoms in total.